The highest BCUT2D eigenvalue weighted by molar-refractivity contribution is 9.10. The van der Waals surface area contributed by atoms with Crippen LogP contribution in [0.2, 0.25) is 0 Å². The van der Waals surface area contributed by atoms with E-state index in [2.05, 4.69) is 58.9 Å². The number of hydrogen-bond acceptors (Lipinski definition) is 4. The topological polar surface area (TPSA) is 47.0 Å². The number of anilines is 1. The normalized spacial score (nSPS) is 11.7. The van der Waals surface area contributed by atoms with Gasteiger partial charge in [0.25, 0.3) is 0 Å². The first-order valence-corrected chi connectivity index (χ1v) is 8.09. The average Bonchev–Trinajstić information content (AvgIpc) is 2.36. The molecule has 0 aromatic carbocycles. The van der Waals surface area contributed by atoms with E-state index < -0.39 is 0 Å². The van der Waals surface area contributed by atoms with Gasteiger partial charge in [-0.2, -0.15) is 0 Å². The van der Waals surface area contributed by atoms with E-state index in [0.717, 1.165) is 48.8 Å². The van der Waals surface area contributed by atoms with E-state index in [1.807, 2.05) is 6.07 Å². The second kappa shape index (κ2) is 8.57. The molecule has 1 N–H and O–H groups in total. The minimum absolute atomic E-state index is 0.0521. The lowest BCUT2D eigenvalue weighted by molar-refractivity contribution is 0.131. The number of unbranched alkanes of at least 4 members (excludes halogenated alkanes) is 1. The molecule has 0 aliphatic carbocycles. The SMILES string of the molecule is CCCCOCCCNc1cc(Br)nc(C(C)(C)C)n1. The Balaban J connectivity index is 2.39. The second-order valence-corrected chi connectivity index (χ2v) is 6.71. The van der Waals surface area contributed by atoms with Crippen LogP contribution in [-0.2, 0) is 10.2 Å². The Kier molecular flexibility index (Phi) is 7.45. The smallest absolute Gasteiger partial charge is 0.137 e. The molecule has 1 heterocycles. The van der Waals surface area contributed by atoms with Gasteiger partial charge in [0.15, 0.2) is 0 Å². The number of nitrogens with zero attached hydrogens (tertiary/aromatic N) is 2. The van der Waals surface area contributed by atoms with Gasteiger partial charge in [0.2, 0.25) is 0 Å². The molecule has 0 radical (unpaired) electrons. The zero-order valence-corrected chi connectivity index (χ0v) is 14.6. The Morgan fingerprint density at radius 1 is 1.20 bits per heavy atom. The second-order valence-electron chi connectivity index (χ2n) is 5.90. The first-order valence-electron chi connectivity index (χ1n) is 7.30. The summed E-state index contributed by atoms with van der Waals surface area (Å²) in [5, 5.41) is 3.33. The summed E-state index contributed by atoms with van der Waals surface area (Å²) in [6.45, 7) is 11.0. The van der Waals surface area contributed by atoms with Gasteiger partial charge >= 0.3 is 0 Å². The number of ether oxygens (including phenoxy) is 1. The van der Waals surface area contributed by atoms with E-state index in [9.17, 15) is 0 Å². The fourth-order valence-corrected chi connectivity index (χ4v) is 1.97. The molecule has 114 valence electrons. The van der Waals surface area contributed by atoms with Crippen molar-refractivity contribution in [3.63, 3.8) is 0 Å². The minimum atomic E-state index is -0.0521. The number of halogens is 1. The fourth-order valence-electron chi connectivity index (χ4n) is 1.58. The van der Waals surface area contributed by atoms with Crippen LogP contribution in [0.15, 0.2) is 10.7 Å². The van der Waals surface area contributed by atoms with E-state index in [0.29, 0.717) is 0 Å². The van der Waals surface area contributed by atoms with Gasteiger partial charge in [0.05, 0.1) is 0 Å². The first kappa shape index (κ1) is 17.4. The van der Waals surface area contributed by atoms with Crippen LogP contribution in [0.25, 0.3) is 0 Å². The van der Waals surface area contributed by atoms with Gasteiger partial charge in [-0.05, 0) is 28.8 Å². The predicted octanol–water partition coefficient (Wildman–Crippen LogP) is 4.16. The Bertz CT molecular complexity index is 405. The Morgan fingerprint density at radius 2 is 1.90 bits per heavy atom. The van der Waals surface area contributed by atoms with Crippen molar-refractivity contribution < 1.29 is 4.74 Å². The van der Waals surface area contributed by atoms with Crippen LogP contribution in [0.3, 0.4) is 0 Å². The van der Waals surface area contributed by atoms with Crippen LogP contribution in [0.5, 0.6) is 0 Å². The highest BCUT2D eigenvalue weighted by atomic mass is 79.9. The molecular weight excluding hydrogens is 318 g/mol. The van der Waals surface area contributed by atoms with Crippen molar-refractivity contribution in [1.82, 2.24) is 9.97 Å². The zero-order chi connectivity index (χ0) is 15.0. The average molecular weight is 344 g/mol. The minimum Gasteiger partial charge on any atom is -0.381 e. The monoisotopic (exact) mass is 343 g/mol. The van der Waals surface area contributed by atoms with Crippen molar-refractivity contribution in [2.45, 2.75) is 52.4 Å². The summed E-state index contributed by atoms with van der Waals surface area (Å²) in [6, 6.07) is 1.91. The largest absolute Gasteiger partial charge is 0.381 e. The molecule has 0 amide bonds. The Labute approximate surface area is 130 Å². The maximum Gasteiger partial charge on any atom is 0.137 e. The lowest BCUT2D eigenvalue weighted by atomic mass is 9.96. The van der Waals surface area contributed by atoms with Gasteiger partial charge in [-0.3, -0.25) is 0 Å². The number of hydrogen-bond donors (Lipinski definition) is 1. The number of aromatic nitrogens is 2. The third kappa shape index (κ3) is 6.66. The third-order valence-electron chi connectivity index (χ3n) is 2.78. The van der Waals surface area contributed by atoms with Crippen molar-refractivity contribution >= 4 is 21.7 Å². The first-order chi connectivity index (χ1) is 9.43. The van der Waals surface area contributed by atoms with E-state index in [-0.39, 0.29) is 5.41 Å². The fraction of sp³-hybridized carbons (Fsp3) is 0.733. The molecule has 0 aliphatic heterocycles. The molecule has 0 unspecified atom stereocenters. The molecule has 5 heteroatoms. The molecule has 0 bridgehead atoms. The summed E-state index contributed by atoms with van der Waals surface area (Å²) in [7, 11) is 0. The van der Waals surface area contributed by atoms with Crippen LogP contribution in [0, 0.1) is 0 Å². The van der Waals surface area contributed by atoms with Crippen molar-refractivity contribution in [3.05, 3.63) is 16.5 Å². The van der Waals surface area contributed by atoms with Crippen molar-refractivity contribution in [2.75, 3.05) is 25.1 Å². The van der Waals surface area contributed by atoms with E-state index in [1.54, 1.807) is 0 Å². The van der Waals surface area contributed by atoms with Crippen LogP contribution in [0.1, 0.15) is 52.8 Å². The highest BCUT2D eigenvalue weighted by Crippen LogP contribution is 2.22. The maximum absolute atomic E-state index is 5.53. The summed E-state index contributed by atoms with van der Waals surface area (Å²) in [6.07, 6.45) is 3.31. The Hall–Kier alpha value is -0.680. The molecule has 0 aliphatic rings. The van der Waals surface area contributed by atoms with Crippen LogP contribution < -0.4 is 5.32 Å². The summed E-state index contributed by atoms with van der Waals surface area (Å²) in [4.78, 5) is 8.98. The molecule has 1 aromatic rings. The maximum atomic E-state index is 5.53. The summed E-state index contributed by atoms with van der Waals surface area (Å²) in [5.74, 6) is 1.71. The molecule has 0 atom stereocenters. The molecule has 4 nitrogen and oxygen atoms in total. The molecule has 1 rings (SSSR count). The lowest BCUT2D eigenvalue weighted by Gasteiger charge is -2.18. The van der Waals surface area contributed by atoms with Crippen LogP contribution in [0.4, 0.5) is 5.82 Å². The van der Waals surface area contributed by atoms with Crippen LogP contribution >= 0.6 is 15.9 Å². The molecular formula is C15H26BrN3O. The van der Waals surface area contributed by atoms with Gasteiger partial charge in [-0.1, -0.05) is 34.1 Å². The molecule has 1 aromatic heterocycles. The number of nitrogens with one attached hydrogen (secondary N) is 1. The molecule has 0 saturated heterocycles. The Morgan fingerprint density at radius 3 is 2.55 bits per heavy atom. The predicted molar refractivity (Wildman–Crippen MR) is 87.3 cm³/mol. The van der Waals surface area contributed by atoms with Gasteiger partial charge in [-0.25, -0.2) is 9.97 Å². The van der Waals surface area contributed by atoms with Gasteiger partial charge in [0.1, 0.15) is 16.2 Å². The summed E-state index contributed by atoms with van der Waals surface area (Å²) in [5.41, 5.74) is -0.0521. The van der Waals surface area contributed by atoms with Crippen LogP contribution in [-0.4, -0.2) is 29.7 Å². The lowest BCUT2D eigenvalue weighted by Crippen LogP contribution is -2.17. The van der Waals surface area contributed by atoms with E-state index in [4.69, 9.17) is 4.74 Å². The van der Waals surface area contributed by atoms with Crippen molar-refractivity contribution in [3.8, 4) is 0 Å². The van der Waals surface area contributed by atoms with Crippen molar-refractivity contribution in [2.24, 2.45) is 0 Å². The van der Waals surface area contributed by atoms with E-state index >= 15 is 0 Å². The molecule has 0 spiro atoms. The molecule has 0 saturated carbocycles. The third-order valence-corrected chi connectivity index (χ3v) is 3.19. The standard InChI is InChI=1S/C15H26BrN3O/c1-5-6-9-20-10-7-8-17-13-11-12(16)18-14(19-13)15(2,3)4/h11H,5-10H2,1-4H3,(H,17,18,19). The molecule has 0 fully saturated rings. The van der Waals surface area contributed by atoms with Gasteiger partial charge in [-0.15, -0.1) is 0 Å². The highest BCUT2D eigenvalue weighted by Gasteiger charge is 2.18. The number of rotatable bonds is 8. The van der Waals surface area contributed by atoms with Crippen molar-refractivity contribution in [1.29, 1.82) is 0 Å². The zero-order valence-electron chi connectivity index (χ0n) is 13.0. The van der Waals surface area contributed by atoms with Gasteiger partial charge < -0.3 is 10.1 Å². The van der Waals surface area contributed by atoms with Gasteiger partial charge in [0, 0.05) is 31.2 Å². The summed E-state index contributed by atoms with van der Waals surface area (Å²) >= 11 is 3.44. The van der Waals surface area contributed by atoms with E-state index in [1.165, 1.54) is 6.42 Å². The quantitative estimate of drug-likeness (QED) is 0.568. The molecule has 20 heavy (non-hydrogen) atoms. The summed E-state index contributed by atoms with van der Waals surface area (Å²) < 4.78 is 6.35.